The van der Waals surface area contributed by atoms with Crippen LogP contribution in [0, 0.1) is 35.0 Å². The summed E-state index contributed by atoms with van der Waals surface area (Å²) in [5, 5.41) is 0. The summed E-state index contributed by atoms with van der Waals surface area (Å²) in [5.74, 6) is 5.08. The Kier molecular flexibility index (Phi) is 7.84. The van der Waals surface area contributed by atoms with Gasteiger partial charge < -0.3 is 0 Å². The number of rotatable bonds is 6. The van der Waals surface area contributed by atoms with E-state index in [4.69, 9.17) is 0 Å². The second kappa shape index (κ2) is 9.43. The highest BCUT2D eigenvalue weighted by Gasteiger charge is 2.52. The first-order chi connectivity index (χ1) is 11.9. The van der Waals surface area contributed by atoms with E-state index < -0.39 is 0 Å². The zero-order valence-electron chi connectivity index (χ0n) is 17.7. The molecular weight excluding hydrogens is 300 g/mol. The van der Waals surface area contributed by atoms with E-state index in [2.05, 4.69) is 40.9 Å². The van der Waals surface area contributed by atoms with E-state index in [1.165, 1.54) is 69.8 Å². The summed E-state index contributed by atoms with van der Waals surface area (Å²) in [7, 11) is 0. The van der Waals surface area contributed by atoms with Gasteiger partial charge in [0.05, 0.1) is 0 Å². The minimum atomic E-state index is 0.770. The van der Waals surface area contributed by atoms with Gasteiger partial charge in [-0.25, -0.2) is 0 Å². The fourth-order valence-corrected chi connectivity index (χ4v) is 5.32. The molecule has 3 saturated carbocycles. The van der Waals surface area contributed by atoms with Crippen LogP contribution in [0.4, 0.5) is 0 Å². The molecule has 0 aromatic carbocycles. The molecule has 6 atom stereocenters. The Morgan fingerprint density at radius 3 is 2.36 bits per heavy atom. The summed E-state index contributed by atoms with van der Waals surface area (Å²) in [6.07, 6.45) is 17.7. The van der Waals surface area contributed by atoms with Crippen molar-refractivity contribution in [1.82, 2.24) is 0 Å². The van der Waals surface area contributed by atoms with Crippen LogP contribution in [0.3, 0.4) is 0 Å². The molecular formula is C25H44. The fraction of sp³-hybridized carbons (Fsp3) is 0.840. The number of fused-ring (bicyclic) bond motifs is 1. The van der Waals surface area contributed by atoms with Crippen molar-refractivity contribution in [3.05, 3.63) is 24.8 Å². The van der Waals surface area contributed by atoms with Crippen LogP contribution in [0.15, 0.2) is 24.8 Å². The molecule has 0 spiro atoms. The Labute approximate surface area is 158 Å². The molecule has 0 saturated heterocycles. The predicted molar refractivity (Wildman–Crippen MR) is 113 cm³/mol. The average molecular weight is 345 g/mol. The van der Waals surface area contributed by atoms with Crippen LogP contribution in [0.1, 0.15) is 98.3 Å². The molecule has 0 nitrogen and oxygen atoms in total. The van der Waals surface area contributed by atoms with Crippen molar-refractivity contribution >= 4 is 0 Å². The molecule has 0 radical (unpaired) electrons. The third kappa shape index (κ3) is 6.30. The van der Waals surface area contributed by atoms with Crippen molar-refractivity contribution in [2.75, 3.05) is 0 Å². The summed E-state index contributed by atoms with van der Waals surface area (Å²) >= 11 is 0. The Hall–Kier alpha value is -0.520. The molecule has 3 fully saturated rings. The average Bonchev–Trinajstić information content (AvgIpc) is 3.27. The van der Waals surface area contributed by atoms with Crippen molar-refractivity contribution in [2.45, 2.75) is 98.3 Å². The normalized spacial score (nSPS) is 39.6. The highest BCUT2D eigenvalue weighted by Crippen LogP contribution is 2.62. The topological polar surface area (TPSA) is 0 Å². The molecule has 3 aliphatic carbocycles. The van der Waals surface area contributed by atoms with Crippen molar-refractivity contribution in [1.29, 1.82) is 0 Å². The number of hydrogen-bond acceptors (Lipinski definition) is 0. The molecule has 0 heterocycles. The van der Waals surface area contributed by atoms with Gasteiger partial charge in [-0.3, -0.25) is 0 Å². The van der Waals surface area contributed by atoms with Crippen molar-refractivity contribution in [3.63, 3.8) is 0 Å². The van der Waals surface area contributed by atoms with Gasteiger partial charge in [-0.05, 0) is 80.0 Å². The fourth-order valence-electron chi connectivity index (χ4n) is 5.32. The van der Waals surface area contributed by atoms with Gasteiger partial charge in [-0.2, -0.15) is 0 Å². The van der Waals surface area contributed by atoms with E-state index in [-0.39, 0.29) is 0 Å². The minimum absolute atomic E-state index is 0.770. The summed E-state index contributed by atoms with van der Waals surface area (Å²) in [6, 6.07) is 0. The van der Waals surface area contributed by atoms with E-state index >= 15 is 0 Å². The molecule has 3 rings (SSSR count). The van der Waals surface area contributed by atoms with Gasteiger partial charge in [0.15, 0.2) is 0 Å². The van der Waals surface area contributed by atoms with E-state index in [9.17, 15) is 0 Å². The first-order valence-electron chi connectivity index (χ1n) is 11.2. The molecule has 0 bridgehead atoms. The molecule has 0 aromatic heterocycles. The number of hydrogen-bond donors (Lipinski definition) is 0. The quantitative estimate of drug-likeness (QED) is 0.426. The lowest BCUT2D eigenvalue weighted by atomic mass is 9.74. The van der Waals surface area contributed by atoms with Gasteiger partial charge in [0.1, 0.15) is 0 Å². The van der Waals surface area contributed by atoms with E-state index in [1.54, 1.807) is 0 Å². The van der Waals surface area contributed by atoms with Gasteiger partial charge in [0, 0.05) is 0 Å². The highest BCUT2D eigenvalue weighted by molar-refractivity contribution is 5.11. The monoisotopic (exact) mass is 344 g/mol. The maximum Gasteiger partial charge on any atom is -0.0282 e. The Bertz CT molecular complexity index is 433. The zero-order chi connectivity index (χ0) is 18.4. The lowest BCUT2D eigenvalue weighted by molar-refractivity contribution is 0.199. The van der Waals surface area contributed by atoms with Gasteiger partial charge in [0.25, 0.3) is 0 Å². The van der Waals surface area contributed by atoms with Crippen LogP contribution >= 0.6 is 0 Å². The lowest BCUT2D eigenvalue weighted by Crippen LogP contribution is -2.20. The Morgan fingerprint density at radius 2 is 1.76 bits per heavy atom. The Balaban J connectivity index is 0.000000186. The van der Waals surface area contributed by atoms with Crippen LogP contribution in [0.25, 0.3) is 0 Å². The molecule has 3 aliphatic rings. The van der Waals surface area contributed by atoms with Gasteiger partial charge in [-0.15, -0.1) is 0 Å². The largest absolute Gasteiger partial charge is 0.0988 e. The van der Waals surface area contributed by atoms with Gasteiger partial charge in [0.2, 0.25) is 0 Å². The molecule has 25 heavy (non-hydrogen) atoms. The molecule has 6 unspecified atom stereocenters. The van der Waals surface area contributed by atoms with E-state index in [1.807, 2.05) is 6.08 Å². The van der Waals surface area contributed by atoms with Crippen LogP contribution in [0.5, 0.6) is 0 Å². The van der Waals surface area contributed by atoms with Crippen molar-refractivity contribution < 1.29 is 0 Å². The minimum Gasteiger partial charge on any atom is -0.0988 e. The van der Waals surface area contributed by atoms with Gasteiger partial charge >= 0.3 is 0 Å². The standard InChI is InChI=1S/C14H22.C11H22/c1-4-11(2)5-6-12-7-8-14(3)10-13(14)9-12;1-4-5-11-7-6-9(2)10(3)8-11/h4,12-13H,1-2,5-10H2,3H3;9-11H,4-8H2,1-3H3. The zero-order valence-corrected chi connectivity index (χ0v) is 17.7. The maximum atomic E-state index is 3.98. The molecule has 0 aromatic rings. The summed E-state index contributed by atoms with van der Waals surface area (Å²) < 4.78 is 0. The molecule has 0 aliphatic heterocycles. The van der Waals surface area contributed by atoms with Crippen molar-refractivity contribution in [2.24, 2.45) is 35.0 Å². The molecule has 144 valence electrons. The summed E-state index contributed by atoms with van der Waals surface area (Å²) in [5.41, 5.74) is 1.99. The van der Waals surface area contributed by atoms with E-state index in [0.717, 1.165) is 41.4 Å². The second-order valence-corrected chi connectivity index (χ2v) is 10.0. The lowest BCUT2D eigenvalue weighted by Gasteiger charge is -2.31. The van der Waals surface area contributed by atoms with Crippen LogP contribution < -0.4 is 0 Å². The summed E-state index contributed by atoms with van der Waals surface area (Å²) in [4.78, 5) is 0. The molecule has 0 N–H and O–H groups in total. The number of allylic oxidation sites excluding steroid dienone is 2. The molecule has 0 amide bonds. The SMILES string of the molecule is C=CC(=C)CCC1CCC2(C)CC2C1.CCCC1CCC(C)C(C)C1. The summed E-state index contributed by atoms with van der Waals surface area (Å²) in [6.45, 7) is 17.4. The van der Waals surface area contributed by atoms with Crippen LogP contribution in [0.2, 0.25) is 0 Å². The van der Waals surface area contributed by atoms with Gasteiger partial charge in [-0.1, -0.05) is 78.2 Å². The smallest absolute Gasteiger partial charge is 0.0282 e. The highest BCUT2D eigenvalue weighted by atomic mass is 14.6. The van der Waals surface area contributed by atoms with E-state index in [0.29, 0.717) is 0 Å². The van der Waals surface area contributed by atoms with Crippen LogP contribution in [-0.4, -0.2) is 0 Å². The maximum absolute atomic E-state index is 3.98. The third-order valence-electron chi connectivity index (χ3n) is 7.85. The second-order valence-electron chi connectivity index (χ2n) is 10.0. The molecule has 0 heteroatoms. The Morgan fingerprint density at radius 1 is 1.04 bits per heavy atom. The predicted octanol–water partition coefficient (Wildman–Crippen LogP) is 8.19. The first-order valence-corrected chi connectivity index (χ1v) is 11.2. The van der Waals surface area contributed by atoms with Crippen molar-refractivity contribution in [3.8, 4) is 0 Å². The third-order valence-corrected chi connectivity index (χ3v) is 7.85. The van der Waals surface area contributed by atoms with Crippen LogP contribution in [-0.2, 0) is 0 Å². The first kappa shape index (κ1) is 20.8.